The van der Waals surface area contributed by atoms with Crippen molar-refractivity contribution in [2.24, 2.45) is 11.7 Å². The number of carbonyl (C=O) groups is 1. The van der Waals surface area contributed by atoms with Crippen molar-refractivity contribution in [2.75, 3.05) is 25.4 Å². The van der Waals surface area contributed by atoms with Crippen LogP contribution < -0.4 is 11.1 Å². The van der Waals surface area contributed by atoms with Crippen molar-refractivity contribution in [1.29, 1.82) is 0 Å². The van der Waals surface area contributed by atoms with Gasteiger partial charge in [-0.05, 0) is 72.1 Å². The number of aliphatic hydroxyl groups excluding tert-OH is 1. The Kier molecular flexibility index (Phi) is 8.38. The first-order valence-electron chi connectivity index (χ1n) is 13.0. The summed E-state index contributed by atoms with van der Waals surface area (Å²) in [6, 6.07) is 12.1. The summed E-state index contributed by atoms with van der Waals surface area (Å²) < 4.78 is 26.2. The quantitative estimate of drug-likeness (QED) is 0.321. The molecule has 5 N–H and O–H groups in total. The number of aromatic nitrogens is 1. The molecule has 200 valence electrons. The molecule has 8 nitrogen and oxygen atoms in total. The fourth-order valence-corrected chi connectivity index (χ4v) is 6.33. The molecule has 1 amide bonds. The van der Waals surface area contributed by atoms with Crippen LogP contribution in [0.3, 0.4) is 0 Å². The van der Waals surface area contributed by atoms with Crippen LogP contribution in [0.15, 0.2) is 42.6 Å². The lowest BCUT2D eigenvalue weighted by atomic mass is 9.88. The van der Waals surface area contributed by atoms with Crippen LogP contribution in [0, 0.1) is 5.92 Å². The second-order valence-electron chi connectivity index (χ2n) is 10.2. The summed E-state index contributed by atoms with van der Waals surface area (Å²) in [5, 5.41) is 14.0. The number of fused-ring (bicyclic) bond motifs is 1. The molecule has 1 saturated heterocycles. The van der Waals surface area contributed by atoms with Gasteiger partial charge in [0.1, 0.15) is 0 Å². The van der Waals surface area contributed by atoms with Gasteiger partial charge in [0.2, 0.25) is 10.0 Å². The predicted molar refractivity (Wildman–Crippen MR) is 148 cm³/mol. The van der Waals surface area contributed by atoms with Crippen molar-refractivity contribution in [1.82, 2.24) is 14.6 Å². The van der Waals surface area contributed by atoms with Crippen molar-refractivity contribution in [3.8, 4) is 11.1 Å². The minimum atomic E-state index is -3.19. The molecule has 2 heterocycles. The lowest BCUT2D eigenvalue weighted by Gasteiger charge is -2.31. The summed E-state index contributed by atoms with van der Waals surface area (Å²) in [6.07, 6.45) is 3.40. The zero-order valence-electron chi connectivity index (χ0n) is 21.8. The average Bonchev–Trinajstić information content (AvgIpc) is 3.32. The third kappa shape index (κ3) is 5.90. The number of amides is 1. The van der Waals surface area contributed by atoms with Crippen molar-refractivity contribution < 1.29 is 18.3 Å². The Hall–Kier alpha value is -2.72. The number of carbonyl (C=O) groups excluding carboxylic acids is 1. The fourth-order valence-electron chi connectivity index (χ4n) is 5.20. The molecule has 0 spiro atoms. The summed E-state index contributed by atoms with van der Waals surface area (Å²) in [4.78, 5) is 15.7. The van der Waals surface area contributed by atoms with Crippen molar-refractivity contribution >= 4 is 26.8 Å². The normalized spacial score (nSPS) is 16.5. The van der Waals surface area contributed by atoms with Crippen molar-refractivity contribution in [3.63, 3.8) is 0 Å². The third-order valence-electron chi connectivity index (χ3n) is 7.57. The van der Waals surface area contributed by atoms with Gasteiger partial charge in [0.25, 0.3) is 5.91 Å². The van der Waals surface area contributed by atoms with E-state index in [1.54, 1.807) is 11.2 Å². The van der Waals surface area contributed by atoms with Crippen LogP contribution in [0.2, 0.25) is 0 Å². The number of H-pyrrole nitrogens is 1. The number of nitrogens with zero attached hydrogens (tertiary/aromatic N) is 1. The number of aliphatic hydroxyl groups is 1. The Morgan fingerprint density at radius 1 is 1.19 bits per heavy atom. The summed E-state index contributed by atoms with van der Waals surface area (Å²) in [7, 11) is -3.19. The van der Waals surface area contributed by atoms with E-state index in [0.29, 0.717) is 31.1 Å². The number of nitrogens with one attached hydrogen (secondary N) is 2. The highest BCUT2D eigenvalue weighted by Gasteiger charge is 2.29. The molecular weight excluding hydrogens is 488 g/mol. The molecule has 0 aliphatic carbocycles. The maximum atomic E-state index is 12.4. The number of hydrogen-bond acceptors (Lipinski definition) is 5. The zero-order chi connectivity index (χ0) is 26.7. The summed E-state index contributed by atoms with van der Waals surface area (Å²) in [5.41, 5.74) is 11.0. The van der Waals surface area contributed by atoms with E-state index in [1.165, 1.54) is 0 Å². The zero-order valence-corrected chi connectivity index (χ0v) is 22.6. The molecule has 1 aliphatic heterocycles. The molecular formula is C28H38N4O4S. The molecule has 2 aromatic carbocycles. The van der Waals surface area contributed by atoms with Gasteiger partial charge in [-0.2, -0.15) is 0 Å². The highest BCUT2D eigenvalue weighted by molar-refractivity contribution is 7.89. The van der Waals surface area contributed by atoms with Gasteiger partial charge in [-0.15, -0.1) is 0 Å². The van der Waals surface area contributed by atoms with Gasteiger partial charge in [0.15, 0.2) is 0 Å². The van der Waals surface area contributed by atoms with Crippen LogP contribution in [0.5, 0.6) is 0 Å². The van der Waals surface area contributed by atoms with Gasteiger partial charge in [-0.1, -0.05) is 32.0 Å². The fraction of sp³-hybridized carbons (Fsp3) is 0.464. The number of aromatic amines is 1. The molecule has 1 fully saturated rings. The topological polar surface area (TPSA) is 129 Å². The molecule has 37 heavy (non-hydrogen) atoms. The number of rotatable bonds is 10. The van der Waals surface area contributed by atoms with E-state index in [2.05, 4.69) is 36.3 Å². The number of piperidine rings is 1. The van der Waals surface area contributed by atoms with E-state index in [1.807, 2.05) is 30.5 Å². The van der Waals surface area contributed by atoms with Crippen LogP contribution in [0.25, 0.3) is 22.0 Å². The van der Waals surface area contributed by atoms with Gasteiger partial charge >= 0.3 is 0 Å². The van der Waals surface area contributed by atoms with E-state index < -0.39 is 15.9 Å². The Morgan fingerprint density at radius 3 is 2.54 bits per heavy atom. The average molecular weight is 527 g/mol. The highest BCUT2D eigenvalue weighted by Crippen LogP contribution is 2.37. The van der Waals surface area contributed by atoms with E-state index in [-0.39, 0.29) is 24.3 Å². The molecule has 9 heteroatoms. The largest absolute Gasteiger partial charge is 0.395 e. The Balaban J connectivity index is 1.65. The smallest absolute Gasteiger partial charge is 0.250 e. The van der Waals surface area contributed by atoms with Gasteiger partial charge < -0.3 is 21.1 Å². The minimum absolute atomic E-state index is 0.0163. The molecule has 0 unspecified atom stereocenters. The second kappa shape index (κ2) is 11.3. The number of sulfonamides is 1. The molecule has 4 rings (SSSR count). The van der Waals surface area contributed by atoms with Crippen LogP contribution in [-0.2, 0) is 16.6 Å². The summed E-state index contributed by atoms with van der Waals surface area (Å²) in [6.45, 7) is 7.52. The summed E-state index contributed by atoms with van der Waals surface area (Å²) >= 11 is 0. The summed E-state index contributed by atoms with van der Waals surface area (Å²) in [5.74, 6) is 0.123. The molecule has 3 aromatic rings. The first kappa shape index (κ1) is 27.3. The van der Waals surface area contributed by atoms with Crippen molar-refractivity contribution in [2.45, 2.75) is 52.1 Å². The standard InChI is InChI=1S/C28H38N4O4S/c1-4-37(35,36)32-10-8-20(9-11-32)25-16-31-27-23(25)13-22(14-24(27)28(29)34)21-7-5-6-19(12-21)15-30-26(17-33)18(2)3/h5-7,12-14,16,18,20,26,30-31,33H,4,8-11,15,17H2,1-3H3,(H2,29,34)/t26-/m0/s1. The lowest BCUT2D eigenvalue weighted by Crippen LogP contribution is -2.38. The SMILES string of the molecule is CCS(=O)(=O)N1CCC(c2c[nH]c3c(C(N)=O)cc(-c4cccc(CN[C@@H](CO)C(C)C)c4)cc23)CC1. The molecule has 1 atom stereocenters. The van der Waals surface area contributed by atoms with Gasteiger partial charge in [0.05, 0.1) is 23.4 Å². The van der Waals surface area contributed by atoms with Crippen LogP contribution in [0.1, 0.15) is 61.0 Å². The Morgan fingerprint density at radius 2 is 1.92 bits per heavy atom. The number of nitrogens with two attached hydrogens (primary N) is 1. The predicted octanol–water partition coefficient (Wildman–Crippen LogP) is 3.57. The third-order valence-corrected chi connectivity index (χ3v) is 9.45. The molecule has 1 aromatic heterocycles. The number of primary amides is 1. The first-order valence-corrected chi connectivity index (χ1v) is 14.6. The number of hydrogen-bond donors (Lipinski definition) is 4. The van der Waals surface area contributed by atoms with Crippen molar-refractivity contribution in [3.05, 3.63) is 59.3 Å². The lowest BCUT2D eigenvalue weighted by molar-refractivity contribution is 0.100. The maximum Gasteiger partial charge on any atom is 0.250 e. The maximum absolute atomic E-state index is 12.4. The first-order chi connectivity index (χ1) is 17.6. The molecule has 0 radical (unpaired) electrons. The second-order valence-corrected chi connectivity index (χ2v) is 12.5. The van der Waals surface area contributed by atoms with Gasteiger partial charge in [0, 0.05) is 37.3 Å². The molecule has 1 aliphatic rings. The Labute approximate surface area is 219 Å². The van der Waals surface area contributed by atoms with Gasteiger partial charge in [-0.3, -0.25) is 4.79 Å². The Bertz CT molecular complexity index is 1360. The molecule has 0 saturated carbocycles. The monoisotopic (exact) mass is 526 g/mol. The molecule has 0 bridgehead atoms. The van der Waals surface area contributed by atoms with E-state index in [9.17, 15) is 18.3 Å². The van der Waals surface area contributed by atoms with E-state index in [0.717, 1.165) is 46.0 Å². The van der Waals surface area contributed by atoms with E-state index in [4.69, 9.17) is 5.73 Å². The highest BCUT2D eigenvalue weighted by atomic mass is 32.2. The van der Waals surface area contributed by atoms with Gasteiger partial charge in [-0.25, -0.2) is 12.7 Å². The minimum Gasteiger partial charge on any atom is -0.395 e. The van der Waals surface area contributed by atoms with E-state index >= 15 is 0 Å². The van der Waals surface area contributed by atoms with Crippen LogP contribution in [0.4, 0.5) is 0 Å². The van der Waals surface area contributed by atoms with Crippen LogP contribution >= 0.6 is 0 Å². The number of benzene rings is 2. The van der Waals surface area contributed by atoms with Crippen LogP contribution in [-0.4, -0.2) is 60.2 Å².